The van der Waals surface area contributed by atoms with Gasteiger partial charge in [0.05, 0.1) is 16.9 Å². The second-order valence-corrected chi connectivity index (χ2v) is 8.41. The Morgan fingerprint density at radius 2 is 2.00 bits per heavy atom. The van der Waals surface area contributed by atoms with Gasteiger partial charge in [0.25, 0.3) is 5.91 Å². The molecule has 7 nitrogen and oxygen atoms in total. The minimum atomic E-state index is -0.603. The molecule has 2 heterocycles. The number of ether oxygens (including phenoxy) is 1. The number of anilines is 1. The van der Waals surface area contributed by atoms with Crippen molar-refractivity contribution in [3.63, 3.8) is 0 Å². The smallest absolute Gasteiger partial charge is 0.306 e. The Bertz CT molecular complexity index is 979. The van der Waals surface area contributed by atoms with E-state index in [0.29, 0.717) is 16.3 Å². The molecule has 1 amide bonds. The number of rotatable bonds is 8. The molecule has 0 radical (unpaired) electrons. The molecule has 30 heavy (non-hydrogen) atoms. The number of hydrogen-bond donors (Lipinski definition) is 1. The van der Waals surface area contributed by atoms with Crippen LogP contribution in [0.2, 0.25) is 0 Å². The molecule has 0 aliphatic heterocycles. The summed E-state index contributed by atoms with van der Waals surface area (Å²) in [7, 11) is 0. The zero-order chi connectivity index (χ0) is 21.7. The molecule has 2 aromatic heterocycles. The number of nitrogens with one attached hydrogen (secondary N) is 1. The number of carbonyl (C=O) groups excluding carboxylic acids is 3. The van der Waals surface area contributed by atoms with Gasteiger partial charge in [0, 0.05) is 18.2 Å². The molecule has 0 unspecified atom stereocenters. The van der Waals surface area contributed by atoms with Crippen LogP contribution in [0, 0.1) is 25.2 Å². The van der Waals surface area contributed by atoms with Crippen molar-refractivity contribution in [3.8, 4) is 6.07 Å². The Morgan fingerprint density at radius 3 is 2.63 bits per heavy atom. The van der Waals surface area contributed by atoms with E-state index in [4.69, 9.17) is 4.74 Å². The molecule has 158 valence electrons. The highest BCUT2D eigenvalue weighted by molar-refractivity contribution is 7.12. The third-order valence-corrected chi connectivity index (χ3v) is 6.44. The van der Waals surface area contributed by atoms with Crippen molar-refractivity contribution >= 4 is 34.8 Å². The standard InChI is InChI=1S/C22H25N3O4S/c1-14-15(2)25(16-6-3-4-7-16)22(17(14)12-23)24-20(27)13-29-21(28)10-9-18(26)19-8-5-11-30-19/h5,8,11,16H,3-4,6-7,9-10,13H2,1-2H3,(H,24,27). The number of nitriles is 1. The van der Waals surface area contributed by atoms with Gasteiger partial charge in [0.1, 0.15) is 11.9 Å². The molecule has 2 aromatic rings. The number of amides is 1. The first kappa shape index (κ1) is 21.8. The van der Waals surface area contributed by atoms with E-state index in [0.717, 1.165) is 36.9 Å². The average Bonchev–Trinajstić information content (AvgIpc) is 3.48. The first-order chi connectivity index (χ1) is 14.4. The van der Waals surface area contributed by atoms with Crippen LogP contribution in [0.25, 0.3) is 0 Å². The molecule has 1 saturated carbocycles. The van der Waals surface area contributed by atoms with E-state index in [2.05, 4.69) is 11.4 Å². The fourth-order valence-electron chi connectivity index (χ4n) is 3.87. The average molecular weight is 428 g/mol. The second-order valence-electron chi connectivity index (χ2n) is 7.46. The zero-order valence-corrected chi connectivity index (χ0v) is 18.0. The highest BCUT2D eigenvalue weighted by atomic mass is 32.1. The molecule has 1 aliphatic carbocycles. The van der Waals surface area contributed by atoms with Crippen molar-refractivity contribution in [2.24, 2.45) is 0 Å². The van der Waals surface area contributed by atoms with Gasteiger partial charge in [-0.25, -0.2) is 0 Å². The van der Waals surface area contributed by atoms with Crippen molar-refractivity contribution in [1.29, 1.82) is 5.26 Å². The lowest BCUT2D eigenvalue weighted by atomic mass is 10.2. The van der Waals surface area contributed by atoms with Gasteiger partial charge in [-0.3, -0.25) is 14.4 Å². The molecule has 0 aromatic carbocycles. The predicted octanol–water partition coefficient (Wildman–Crippen LogP) is 4.30. The molecule has 0 spiro atoms. The third-order valence-electron chi connectivity index (χ3n) is 5.53. The Labute approximate surface area is 179 Å². The number of nitrogens with zero attached hydrogens (tertiary/aromatic N) is 2. The molecule has 1 N–H and O–H groups in total. The van der Waals surface area contributed by atoms with Gasteiger partial charge in [-0.05, 0) is 43.7 Å². The van der Waals surface area contributed by atoms with E-state index in [9.17, 15) is 19.6 Å². The van der Waals surface area contributed by atoms with Crippen LogP contribution in [0.5, 0.6) is 0 Å². The van der Waals surface area contributed by atoms with Crippen LogP contribution in [0.3, 0.4) is 0 Å². The summed E-state index contributed by atoms with van der Waals surface area (Å²) < 4.78 is 7.07. The van der Waals surface area contributed by atoms with E-state index >= 15 is 0 Å². The van der Waals surface area contributed by atoms with E-state index in [-0.39, 0.29) is 24.7 Å². The summed E-state index contributed by atoms with van der Waals surface area (Å²) in [6.07, 6.45) is 4.23. The number of carbonyl (C=O) groups is 3. The normalized spacial score (nSPS) is 13.8. The van der Waals surface area contributed by atoms with Crippen LogP contribution in [-0.2, 0) is 14.3 Å². The summed E-state index contributed by atoms with van der Waals surface area (Å²) in [6, 6.07) is 5.93. The highest BCUT2D eigenvalue weighted by Gasteiger charge is 2.26. The van der Waals surface area contributed by atoms with Crippen molar-refractivity contribution in [1.82, 2.24) is 4.57 Å². The van der Waals surface area contributed by atoms with Gasteiger partial charge in [0.15, 0.2) is 12.4 Å². The van der Waals surface area contributed by atoms with Crippen LogP contribution < -0.4 is 5.32 Å². The number of aromatic nitrogens is 1. The first-order valence-corrected chi connectivity index (χ1v) is 10.9. The van der Waals surface area contributed by atoms with Gasteiger partial charge in [-0.2, -0.15) is 5.26 Å². The molecular weight excluding hydrogens is 402 g/mol. The molecule has 0 bridgehead atoms. The Hall–Kier alpha value is -2.92. The van der Waals surface area contributed by atoms with Gasteiger partial charge in [0.2, 0.25) is 0 Å². The predicted molar refractivity (Wildman–Crippen MR) is 114 cm³/mol. The van der Waals surface area contributed by atoms with Gasteiger partial charge >= 0.3 is 5.97 Å². The lowest BCUT2D eigenvalue weighted by Crippen LogP contribution is -2.24. The number of esters is 1. The Balaban J connectivity index is 1.58. The first-order valence-electron chi connectivity index (χ1n) is 10.1. The molecule has 3 rings (SSSR count). The summed E-state index contributed by atoms with van der Waals surface area (Å²) in [4.78, 5) is 36.9. The van der Waals surface area contributed by atoms with E-state index in [1.165, 1.54) is 11.3 Å². The van der Waals surface area contributed by atoms with E-state index in [1.807, 2.05) is 18.4 Å². The molecule has 0 atom stereocenters. The Kier molecular flexibility index (Phi) is 7.06. The second kappa shape index (κ2) is 9.72. The highest BCUT2D eigenvalue weighted by Crippen LogP contribution is 2.37. The van der Waals surface area contributed by atoms with Crippen molar-refractivity contribution in [2.45, 2.75) is 58.4 Å². The van der Waals surface area contributed by atoms with Crippen molar-refractivity contribution in [2.75, 3.05) is 11.9 Å². The topological polar surface area (TPSA) is 101 Å². The molecule has 8 heteroatoms. The van der Waals surface area contributed by atoms with Gasteiger partial charge in [-0.1, -0.05) is 18.9 Å². The number of thiophene rings is 1. The maximum atomic E-state index is 12.4. The SMILES string of the molecule is Cc1c(C#N)c(NC(=O)COC(=O)CCC(=O)c2cccs2)n(C2CCCC2)c1C. The van der Waals surface area contributed by atoms with E-state index < -0.39 is 18.5 Å². The van der Waals surface area contributed by atoms with Crippen LogP contribution in [-0.4, -0.2) is 28.8 Å². The maximum absolute atomic E-state index is 12.4. The van der Waals surface area contributed by atoms with Gasteiger partial charge in [-0.15, -0.1) is 11.3 Å². The summed E-state index contributed by atoms with van der Waals surface area (Å²) in [5.74, 6) is -0.742. The van der Waals surface area contributed by atoms with E-state index in [1.54, 1.807) is 17.5 Å². The van der Waals surface area contributed by atoms with Crippen molar-refractivity contribution < 1.29 is 19.1 Å². The third kappa shape index (κ3) is 4.79. The fourth-order valence-corrected chi connectivity index (χ4v) is 4.56. The number of ketones is 1. The van der Waals surface area contributed by atoms with Crippen LogP contribution in [0.4, 0.5) is 5.82 Å². The summed E-state index contributed by atoms with van der Waals surface area (Å²) in [5, 5.41) is 14.2. The molecule has 1 aliphatic rings. The molecular formula is C22H25N3O4S. The van der Waals surface area contributed by atoms with Gasteiger partial charge < -0.3 is 14.6 Å². The lowest BCUT2D eigenvalue weighted by Gasteiger charge is -2.19. The Morgan fingerprint density at radius 1 is 1.27 bits per heavy atom. The fraction of sp³-hybridized carbons (Fsp3) is 0.455. The number of Topliss-reactive ketones (excluding diaryl/α,β-unsaturated/α-hetero) is 1. The summed E-state index contributed by atoms with van der Waals surface area (Å²) in [6.45, 7) is 3.37. The quantitative estimate of drug-likeness (QED) is 0.500. The van der Waals surface area contributed by atoms with Crippen LogP contribution >= 0.6 is 11.3 Å². The minimum Gasteiger partial charge on any atom is -0.456 e. The summed E-state index contributed by atoms with van der Waals surface area (Å²) in [5.41, 5.74) is 2.27. The van der Waals surface area contributed by atoms with Crippen LogP contribution in [0.1, 0.15) is 71.1 Å². The number of hydrogen-bond acceptors (Lipinski definition) is 6. The zero-order valence-electron chi connectivity index (χ0n) is 17.2. The van der Waals surface area contributed by atoms with Crippen molar-refractivity contribution in [3.05, 3.63) is 39.2 Å². The maximum Gasteiger partial charge on any atom is 0.306 e. The van der Waals surface area contributed by atoms with Crippen LogP contribution in [0.15, 0.2) is 17.5 Å². The molecule has 1 fully saturated rings. The monoisotopic (exact) mass is 427 g/mol. The minimum absolute atomic E-state index is 0.0441. The lowest BCUT2D eigenvalue weighted by molar-refractivity contribution is -0.147. The molecule has 0 saturated heterocycles. The largest absolute Gasteiger partial charge is 0.456 e. The summed E-state index contributed by atoms with van der Waals surface area (Å²) >= 11 is 1.33.